The Morgan fingerprint density at radius 2 is 2.21 bits per heavy atom. The monoisotopic (exact) mass is 261 g/mol. The first kappa shape index (κ1) is 12.3. The van der Waals surface area contributed by atoms with Gasteiger partial charge in [0.1, 0.15) is 5.82 Å². The normalized spacial score (nSPS) is 26.9. The molecule has 0 aromatic carbocycles. The summed E-state index contributed by atoms with van der Waals surface area (Å²) in [5.41, 5.74) is 5.34. The molecule has 6 heteroatoms. The Kier molecular flexibility index (Phi) is 3.33. The van der Waals surface area contributed by atoms with Crippen LogP contribution in [0.2, 0.25) is 0 Å². The highest BCUT2D eigenvalue weighted by Crippen LogP contribution is 2.28. The third-order valence-electron chi connectivity index (χ3n) is 4.09. The smallest absolute Gasteiger partial charge is 0.269 e. The molecule has 2 fully saturated rings. The molecule has 19 heavy (non-hydrogen) atoms. The molecule has 0 radical (unpaired) electrons. The first-order chi connectivity index (χ1) is 9.22. The molecule has 0 bridgehead atoms. The van der Waals surface area contributed by atoms with Crippen LogP contribution in [0.15, 0.2) is 12.1 Å². The number of primary amides is 1. The standard InChI is InChI=1S/C13H19N5O/c14-13(19)11-3-4-12(17-16-11)15-9-5-7-18-6-1-2-10(18)8-9/h3-4,9-10H,1-2,5-8H2,(H2,14,19)(H,15,17). The number of hydrogen-bond donors (Lipinski definition) is 2. The van der Waals surface area contributed by atoms with Crippen LogP contribution in [0.25, 0.3) is 0 Å². The van der Waals surface area contributed by atoms with Gasteiger partial charge in [-0.15, -0.1) is 10.2 Å². The minimum atomic E-state index is -0.543. The van der Waals surface area contributed by atoms with Crippen molar-refractivity contribution in [1.82, 2.24) is 15.1 Å². The molecule has 3 heterocycles. The SMILES string of the molecule is NC(=O)c1ccc(NC2CCN3CCCC3C2)nn1. The summed E-state index contributed by atoms with van der Waals surface area (Å²) in [6.45, 7) is 2.42. The van der Waals surface area contributed by atoms with Gasteiger partial charge in [-0.05, 0) is 44.4 Å². The van der Waals surface area contributed by atoms with E-state index in [1.807, 2.05) is 0 Å². The lowest BCUT2D eigenvalue weighted by Crippen LogP contribution is -2.42. The first-order valence-electron chi connectivity index (χ1n) is 6.86. The van der Waals surface area contributed by atoms with Gasteiger partial charge in [0.05, 0.1) is 0 Å². The fourth-order valence-electron chi connectivity index (χ4n) is 3.11. The Balaban J connectivity index is 1.60. The lowest BCUT2D eigenvalue weighted by molar-refractivity contribution is 0.0994. The highest BCUT2D eigenvalue weighted by Gasteiger charge is 2.31. The van der Waals surface area contributed by atoms with Crippen LogP contribution in [0, 0.1) is 0 Å². The van der Waals surface area contributed by atoms with Crippen molar-refractivity contribution in [1.29, 1.82) is 0 Å². The minimum absolute atomic E-state index is 0.205. The number of aromatic nitrogens is 2. The van der Waals surface area contributed by atoms with E-state index < -0.39 is 5.91 Å². The van der Waals surface area contributed by atoms with Gasteiger partial charge in [0.15, 0.2) is 5.69 Å². The number of anilines is 1. The third-order valence-corrected chi connectivity index (χ3v) is 4.09. The van der Waals surface area contributed by atoms with Crippen LogP contribution in [-0.2, 0) is 0 Å². The van der Waals surface area contributed by atoms with Gasteiger partial charge in [0, 0.05) is 18.6 Å². The molecule has 2 atom stereocenters. The van der Waals surface area contributed by atoms with Crippen molar-refractivity contribution in [2.75, 3.05) is 18.4 Å². The molecule has 3 rings (SSSR count). The third kappa shape index (κ3) is 2.68. The van der Waals surface area contributed by atoms with E-state index in [0.717, 1.165) is 24.8 Å². The van der Waals surface area contributed by atoms with E-state index in [-0.39, 0.29) is 5.69 Å². The predicted octanol–water partition coefficient (Wildman–Crippen LogP) is 0.614. The molecule has 102 valence electrons. The zero-order valence-electron chi connectivity index (χ0n) is 10.9. The molecule has 3 N–H and O–H groups in total. The quantitative estimate of drug-likeness (QED) is 0.833. The second kappa shape index (κ2) is 5.13. The first-order valence-corrected chi connectivity index (χ1v) is 6.86. The average molecular weight is 261 g/mol. The highest BCUT2D eigenvalue weighted by atomic mass is 16.1. The molecule has 0 spiro atoms. The topological polar surface area (TPSA) is 84.1 Å². The molecule has 2 unspecified atom stereocenters. The predicted molar refractivity (Wildman–Crippen MR) is 71.8 cm³/mol. The number of fused-ring (bicyclic) bond motifs is 1. The molecular weight excluding hydrogens is 242 g/mol. The number of carbonyl (C=O) groups is 1. The van der Waals surface area contributed by atoms with E-state index in [2.05, 4.69) is 20.4 Å². The minimum Gasteiger partial charge on any atom is -0.366 e. The van der Waals surface area contributed by atoms with Crippen LogP contribution in [0.5, 0.6) is 0 Å². The molecule has 0 saturated carbocycles. The van der Waals surface area contributed by atoms with Gasteiger partial charge in [-0.2, -0.15) is 0 Å². The Morgan fingerprint density at radius 1 is 1.32 bits per heavy atom. The Morgan fingerprint density at radius 3 is 2.95 bits per heavy atom. The summed E-state index contributed by atoms with van der Waals surface area (Å²) in [7, 11) is 0. The molecule has 1 aromatic rings. The molecule has 0 aliphatic carbocycles. The number of nitrogens with two attached hydrogens (primary N) is 1. The van der Waals surface area contributed by atoms with Crippen molar-refractivity contribution in [3.05, 3.63) is 17.8 Å². The number of amides is 1. The molecule has 1 aromatic heterocycles. The van der Waals surface area contributed by atoms with Gasteiger partial charge in [0.2, 0.25) is 0 Å². The number of nitrogens with zero attached hydrogens (tertiary/aromatic N) is 3. The highest BCUT2D eigenvalue weighted by molar-refractivity contribution is 5.90. The summed E-state index contributed by atoms with van der Waals surface area (Å²) in [4.78, 5) is 13.5. The van der Waals surface area contributed by atoms with Gasteiger partial charge >= 0.3 is 0 Å². The van der Waals surface area contributed by atoms with Crippen LogP contribution >= 0.6 is 0 Å². The number of rotatable bonds is 3. The molecule has 6 nitrogen and oxygen atoms in total. The maximum absolute atomic E-state index is 10.9. The van der Waals surface area contributed by atoms with Gasteiger partial charge in [-0.1, -0.05) is 0 Å². The molecular formula is C13H19N5O. The zero-order valence-corrected chi connectivity index (χ0v) is 10.9. The zero-order chi connectivity index (χ0) is 13.2. The van der Waals surface area contributed by atoms with Crippen molar-refractivity contribution in [2.45, 2.75) is 37.8 Å². The maximum atomic E-state index is 10.9. The summed E-state index contributed by atoms with van der Waals surface area (Å²) in [6, 6.07) is 4.56. The number of piperidine rings is 1. The van der Waals surface area contributed by atoms with Crippen molar-refractivity contribution in [2.24, 2.45) is 5.73 Å². The van der Waals surface area contributed by atoms with Gasteiger partial charge in [0.25, 0.3) is 5.91 Å². The van der Waals surface area contributed by atoms with E-state index in [1.54, 1.807) is 12.1 Å². The summed E-state index contributed by atoms with van der Waals surface area (Å²) in [5, 5.41) is 11.2. The fraction of sp³-hybridized carbons (Fsp3) is 0.615. The van der Waals surface area contributed by atoms with E-state index in [1.165, 1.54) is 25.8 Å². The number of nitrogens with one attached hydrogen (secondary N) is 1. The lowest BCUT2D eigenvalue weighted by Gasteiger charge is -2.35. The van der Waals surface area contributed by atoms with Crippen LogP contribution in [0.4, 0.5) is 5.82 Å². The van der Waals surface area contributed by atoms with Crippen molar-refractivity contribution >= 4 is 11.7 Å². The molecule has 2 aliphatic rings. The average Bonchev–Trinajstić information content (AvgIpc) is 2.87. The van der Waals surface area contributed by atoms with E-state index in [0.29, 0.717) is 6.04 Å². The lowest BCUT2D eigenvalue weighted by atomic mass is 9.97. The Labute approximate surface area is 112 Å². The molecule has 1 amide bonds. The maximum Gasteiger partial charge on any atom is 0.269 e. The van der Waals surface area contributed by atoms with Gasteiger partial charge in [-0.25, -0.2) is 0 Å². The van der Waals surface area contributed by atoms with Crippen molar-refractivity contribution < 1.29 is 4.79 Å². The summed E-state index contributed by atoms with van der Waals surface area (Å²) >= 11 is 0. The Hall–Kier alpha value is -1.69. The van der Waals surface area contributed by atoms with Gasteiger partial charge < -0.3 is 16.0 Å². The summed E-state index contributed by atoms with van der Waals surface area (Å²) in [6.07, 6.45) is 4.93. The largest absolute Gasteiger partial charge is 0.366 e. The fourth-order valence-corrected chi connectivity index (χ4v) is 3.11. The van der Waals surface area contributed by atoms with Gasteiger partial charge in [-0.3, -0.25) is 4.79 Å². The van der Waals surface area contributed by atoms with Crippen LogP contribution in [0.1, 0.15) is 36.2 Å². The second-order valence-electron chi connectivity index (χ2n) is 5.37. The van der Waals surface area contributed by atoms with E-state index in [4.69, 9.17) is 5.73 Å². The van der Waals surface area contributed by atoms with Crippen molar-refractivity contribution in [3.63, 3.8) is 0 Å². The second-order valence-corrected chi connectivity index (χ2v) is 5.37. The van der Waals surface area contributed by atoms with E-state index >= 15 is 0 Å². The summed E-state index contributed by atoms with van der Waals surface area (Å²) < 4.78 is 0. The molecule has 2 saturated heterocycles. The number of hydrogen-bond acceptors (Lipinski definition) is 5. The summed E-state index contributed by atoms with van der Waals surface area (Å²) in [5.74, 6) is 0.180. The molecule has 2 aliphatic heterocycles. The number of carbonyl (C=O) groups excluding carboxylic acids is 1. The van der Waals surface area contributed by atoms with Crippen LogP contribution in [0.3, 0.4) is 0 Å². The van der Waals surface area contributed by atoms with Crippen LogP contribution < -0.4 is 11.1 Å². The van der Waals surface area contributed by atoms with Crippen LogP contribution in [-0.4, -0.2) is 46.2 Å². The van der Waals surface area contributed by atoms with E-state index in [9.17, 15) is 4.79 Å². The van der Waals surface area contributed by atoms with Crippen molar-refractivity contribution in [3.8, 4) is 0 Å². The Bertz CT molecular complexity index is 461.